The maximum Gasteiger partial charge on any atom is 0.206 e. The summed E-state index contributed by atoms with van der Waals surface area (Å²) in [5.41, 5.74) is 10.3. The molecule has 0 fully saturated rings. The first-order chi connectivity index (χ1) is 13.5. The summed E-state index contributed by atoms with van der Waals surface area (Å²) in [5, 5.41) is 22.8. The van der Waals surface area contributed by atoms with Gasteiger partial charge in [0.05, 0.1) is 21.3 Å². The van der Waals surface area contributed by atoms with Crippen LogP contribution in [-0.2, 0) is 6.42 Å². The van der Waals surface area contributed by atoms with Crippen LogP contribution in [0.3, 0.4) is 0 Å². The number of aryl methyl sites for hydroxylation is 1. The summed E-state index contributed by atoms with van der Waals surface area (Å²) in [6.07, 6.45) is 0.686. The van der Waals surface area contributed by atoms with E-state index in [1.165, 1.54) is 11.3 Å². The van der Waals surface area contributed by atoms with Crippen molar-refractivity contribution < 1.29 is 0 Å². The van der Waals surface area contributed by atoms with Crippen molar-refractivity contribution in [2.45, 2.75) is 19.4 Å². The van der Waals surface area contributed by atoms with Crippen LogP contribution in [0.1, 0.15) is 11.3 Å². The van der Waals surface area contributed by atoms with E-state index in [-0.39, 0.29) is 6.04 Å². The van der Waals surface area contributed by atoms with Crippen LogP contribution in [0.25, 0.3) is 21.5 Å². The molecule has 4 N–H and O–H groups in total. The van der Waals surface area contributed by atoms with Gasteiger partial charge in [-0.05, 0) is 49.2 Å². The lowest BCUT2D eigenvalue weighted by Gasteiger charge is -2.12. The number of nitrogens with two attached hydrogens (primary N) is 1. The maximum atomic E-state index is 6.23. The summed E-state index contributed by atoms with van der Waals surface area (Å²) in [5.74, 6) is 0. The Kier molecular flexibility index (Phi) is 5.50. The standard InChI is InChI=1S/C19H18Cl2N6S/c1-10-14-8-12(3-5-17(14)25-24-10)18-26-27-19(28-18)23-9-13(22)6-11-2-4-15(20)16(21)7-11/h2-5,7-8,13H,6,9,22H2,1H3,(H,23,27)(H,24,25)/t13-/m0/s1. The Bertz CT molecular complexity index is 1120. The van der Waals surface area contributed by atoms with Gasteiger partial charge in [-0.3, -0.25) is 5.10 Å². The zero-order chi connectivity index (χ0) is 19.7. The Morgan fingerprint density at radius 3 is 2.82 bits per heavy atom. The normalized spacial score (nSPS) is 12.4. The predicted molar refractivity (Wildman–Crippen MR) is 116 cm³/mol. The summed E-state index contributed by atoms with van der Waals surface area (Å²) < 4.78 is 0. The summed E-state index contributed by atoms with van der Waals surface area (Å²) in [7, 11) is 0. The Labute approximate surface area is 176 Å². The van der Waals surface area contributed by atoms with Gasteiger partial charge in [0.15, 0.2) is 0 Å². The fraction of sp³-hybridized carbons (Fsp3) is 0.211. The second-order valence-electron chi connectivity index (χ2n) is 6.58. The number of anilines is 1. The number of nitrogens with one attached hydrogen (secondary N) is 2. The molecule has 1 atom stereocenters. The van der Waals surface area contributed by atoms with Gasteiger partial charge in [-0.2, -0.15) is 5.10 Å². The van der Waals surface area contributed by atoms with Crippen LogP contribution in [0.5, 0.6) is 0 Å². The van der Waals surface area contributed by atoms with Crippen molar-refractivity contribution in [2.75, 3.05) is 11.9 Å². The van der Waals surface area contributed by atoms with Gasteiger partial charge < -0.3 is 11.1 Å². The third-order valence-corrected chi connectivity index (χ3v) is 6.09. The van der Waals surface area contributed by atoms with Gasteiger partial charge in [0.2, 0.25) is 5.13 Å². The van der Waals surface area contributed by atoms with Gasteiger partial charge in [0, 0.05) is 23.5 Å². The number of aromatic amines is 1. The van der Waals surface area contributed by atoms with Gasteiger partial charge in [0.1, 0.15) is 5.01 Å². The molecule has 9 heteroatoms. The molecule has 0 aliphatic carbocycles. The molecule has 0 bridgehead atoms. The minimum Gasteiger partial charge on any atom is -0.359 e. The van der Waals surface area contributed by atoms with Crippen molar-refractivity contribution in [1.82, 2.24) is 20.4 Å². The molecule has 0 radical (unpaired) electrons. The number of nitrogens with zero attached hydrogens (tertiary/aromatic N) is 3. The number of halogens is 2. The van der Waals surface area contributed by atoms with Gasteiger partial charge in [0.25, 0.3) is 0 Å². The quantitative estimate of drug-likeness (QED) is 0.411. The van der Waals surface area contributed by atoms with Gasteiger partial charge in [-0.1, -0.05) is 40.6 Å². The third-order valence-electron chi connectivity index (χ3n) is 4.42. The minimum absolute atomic E-state index is 0.0884. The SMILES string of the molecule is Cc1n[nH]c2ccc(-c3nnc(NC[C@@H](N)Cc4ccc(Cl)c(Cl)c4)s3)cc12. The first-order valence-corrected chi connectivity index (χ1v) is 10.3. The second kappa shape index (κ2) is 8.05. The van der Waals surface area contributed by atoms with E-state index in [0.717, 1.165) is 37.9 Å². The highest BCUT2D eigenvalue weighted by atomic mass is 35.5. The van der Waals surface area contributed by atoms with Crippen LogP contribution in [0, 0.1) is 6.92 Å². The number of hydrogen-bond acceptors (Lipinski definition) is 6. The fourth-order valence-electron chi connectivity index (χ4n) is 2.95. The molecule has 0 aliphatic heterocycles. The highest BCUT2D eigenvalue weighted by molar-refractivity contribution is 7.18. The molecule has 0 unspecified atom stereocenters. The molecule has 4 aromatic rings. The van der Waals surface area contributed by atoms with Crippen LogP contribution >= 0.6 is 34.5 Å². The molecule has 0 amide bonds. The van der Waals surface area contributed by atoms with E-state index in [1.807, 2.05) is 31.2 Å². The Balaban J connectivity index is 1.40. The lowest BCUT2D eigenvalue weighted by Crippen LogP contribution is -2.31. The van der Waals surface area contributed by atoms with Crippen molar-refractivity contribution >= 4 is 50.6 Å². The largest absolute Gasteiger partial charge is 0.359 e. The lowest BCUT2D eigenvalue weighted by molar-refractivity contribution is 0.698. The number of aromatic nitrogens is 4. The third kappa shape index (κ3) is 4.12. The van der Waals surface area contributed by atoms with Crippen LogP contribution in [0.4, 0.5) is 5.13 Å². The number of rotatable bonds is 6. The molecular formula is C19H18Cl2N6S. The molecule has 0 saturated heterocycles. The molecule has 0 aliphatic rings. The van der Waals surface area contributed by atoms with E-state index in [2.05, 4.69) is 31.8 Å². The van der Waals surface area contributed by atoms with Crippen LogP contribution < -0.4 is 11.1 Å². The molecule has 2 aromatic heterocycles. The smallest absolute Gasteiger partial charge is 0.206 e. The minimum atomic E-state index is -0.0884. The maximum absolute atomic E-state index is 6.23. The van der Waals surface area contributed by atoms with E-state index in [1.54, 1.807) is 6.07 Å². The Hall–Kier alpha value is -2.19. The van der Waals surface area contributed by atoms with Gasteiger partial charge >= 0.3 is 0 Å². The Morgan fingerprint density at radius 2 is 2.00 bits per heavy atom. The summed E-state index contributed by atoms with van der Waals surface area (Å²) in [6, 6.07) is 11.6. The average molecular weight is 433 g/mol. The van der Waals surface area contributed by atoms with Gasteiger partial charge in [-0.15, -0.1) is 10.2 Å². The summed E-state index contributed by atoms with van der Waals surface area (Å²) in [4.78, 5) is 0. The predicted octanol–water partition coefficient (Wildman–Crippen LogP) is 4.68. The van der Waals surface area contributed by atoms with Crippen molar-refractivity contribution in [1.29, 1.82) is 0 Å². The first kappa shape index (κ1) is 19.1. The first-order valence-electron chi connectivity index (χ1n) is 8.71. The summed E-state index contributed by atoms with van der Waals surface area (Å²) in [6.45, 7) is 2.56. The topological polar surface area (TPSA) is 92.5 Å². The van der Waals surface area contributed by atoms with Crippen LogP contribution in [-0.4, -0.2) is 33.0 Å². The van der Waals surface area contributed by atoms with Crippen molar-refractivity contribution in [3.8, 4) is 10.6 Å². The van der Waals surface area contributed by atoms with E-state index in [4.69, 9.17) is 28.9 Å². The van der Waals surface area contributed by atoms with Crippen LogP contribution in [0.2, 0.25) is 10.0 Å². The molecule has 0 spiro atoms. The molecule has 0 saturated carbocycles. The van der Waals surface area contributed by atoms with Gasteiger partial charge in [-0.25, -0.2) is 0 Å². The molecule has 28 heavy (non-hydrogen) atoms. The molecule has 144 valence electrons. The lowest BCUT2D eigenvalue weighted by atomic mass is 10.1. The van der Waals surface area contributed by atoms with E-state index in [9.17, 15) is 0 Å². The van der Waals surface area contributed by atoms with Crippen molar-refractivity contribution in [2.24, 2.45) is 5.73 Å². The number of fused-ring (bicyclic) bond motifs is 1. The van der Waals surface area contributed by atoms with Crippen LogP contribution in [0.15, 0.2) is 36.4 Å². The zero-order valence-corrected chi connectivity index (χ0v) is 17.4. The molecule has 2 heterocycles. The molecular weight excluding hydrogens is 415 g/mol. The van der Waals surface area contributed by atoms with E-state index < -0.39 is 0 Å². The fourth-order valence-corrected chi connectivity index (χ4v) is 4.02. The molecule has 4 rings (SSSR count). The van der Waals surface area contributed by atoms with Crippen molar-refractivity contribution in [3.63, 3.8) is 0 Å². The molecule has 2 aromatic carbocycles. The zero-order valence-electron chi connectivity index (χ0n) is 15.0. The van der Waals surface area contributed by atoms with E-state index in [0.29, 0.717) is 23.0 Å². The highest BCUT2D eigenvalue weighted by Gasteiger charge is 2.11. The van der Waals surface area contributed by atoms with Crippen molar-refractivity contribution in [3.05, 3.63) is 57.7 Å². The Morgan fingerprint density at radius 1 is 1.14 bits per heavy atom. The second-order valence-corrected chi connectivity index (χ2v) is 8.37. The highest BCUT2D eigenvalue weighted by Crippen LogP contribution is 2.29. The molecule has 6 nitrogen and oxygen atoms in total. The van der Waals surface area contributed by atoms with E-state index >= 15 is 0 Å². The number of hydrogen-bond donors (Lipinski definition) is 3. The number of H-pyrrole nitrogens is 1. The summed E-state index contributed by atoms with van der Waals surface area (Å²) >= 11 is 13.5. The number of benzene rings is 2. The monoisotopic (exact) mass is 432 g/mol. The average Bonchev–Trinajstić information content (AvgIpc) is 3.30.